The number of aliphatic imine (C=N–C) groups is 1. The molecule has 0 saturated heterocycles. The Morgan fingerprint density at radius 2 is 1.86 bits per heavy atom. The third kappa shape index (κ3) is 6.41. The molecular weight excluding hydrogens is 515 g/mol. The van der Waals surface area contributed by atoms with Crippen molar-refractivity contribution in [2.24, 2.45) is 4.99 Å². The lowest BCUT2D eigenvalue weighted by Gasteiger charge is -2.15. The van der Waals surface area contributed by atoms with Gasteiger partial charge < -0.3 is 10.1 Å². The normalized spacial score (nSPS) is 11.7. The Morgan fingerprint density at radius 3 is 2.57 bits per heavy atom. The Kier molecular flexibility index (Phi) is 7.39. The van der Waals surface area contributed by atoms with Crippen LogP contribution in [0.4, 0.5) is 30.5 Å². The van der Waals surface area contributed by atoms with Crippen molar-refractivity contribution < 1.29 is 22.8 Å². The average molecular weight is 532 g/mol. The number of nitrogens with one attached hydrogen (secondary N) is 1. The van der Waals surface area contributed by atoms with E-state index in [4.69, 9.17) is 11.6 Å². The van der Waals surface area contributed by atoms with Crippen molar-refractivity contribution in [3.63, 3.8) is 0 Å². The molecule has 0 fully saturated rings. The molecule has 0 aliphatic rings. The summed E-state index contributed by atoms with van der Waals surface area (Å²) >= 11 is 5.82. The van der Waals surface area contributed by atoms with E-state index < -0.39 is 17.0 Å². The molecule has 0 saturated carbocycles. The number of fused-ring (bicyclic) bond motifs is 1. The fourth-order valence-electron chi connectivity index (χ4n) is 3.42. The summed E-state index contributed by atoms with van der Waals surface area (Å²) in [6.07, 6.45) is -3.39. The van der Waals surface area contributed by atoms with Gasteiger partial charge in [-0.3, -0.25) is 24.5 Å². The van der Waals surface area contributed by atoms with E-state index in [9.17, 15) is 28.1 Å². The molecule has 37 heavy (non-hydrogen) atoms. The minimum Gasteiger partial charge on any atom is -0.406 e. The largest absolute Gasteiger partial charge is 0.573 e. The summed E-state index contributed by atoms with van der Waals surface area (Å²) in [5.74, 6) is -0.232. The minimum atomic E-state index is -4.81. The number of rotatable bonds is 8. The molecule has 0 spiro atoms. The molecular formula is C24H17ClF3N5O4. The summed E-state index contributed by atoms with van der Waals surface area (Å²) in [4.78, 5) is 32.4. The molecule has 0 radical (unpaired) electrons. The van der Waals surface area contributed by atoms with Crippen molar-refractivity contribution in [1.82, 2.24) is 9.55 Å². The summed E-state index contributed by atoms with van der Waals surface area (Å²) in [6.45, 7) is 0.226. The summed E-state index contributed by atoms with van der Waals surface area (Å²) in [5, 5.41) is 14.4. The number of hydrogen-bond donors (Lipinski definition) is 1. The Balaban J connectivity index is 1.58. The number of benzene rings is 3. The number of hydrogen-bond acceptors (Lipinski definition) is 7. The van der Waals surface area contributed by atoms with E-state index in [0.29, 0.717) is 22.2 Å². The van der Waals surface area contributed by atoms with Crippen molar-refractivity contribution in [1.29, 1.82) is 0 Å². The highest BCUT2D eigenvalue weighted by atomic mass is 35.5. The highest BCUT2D eigenvalue weighted by molar-refractivity contribution is 6.32. The van der Waals surface area contributed by atoms with Gasteiger partial charge in [0.05, 0.1) is 22.4 Å². The fraction of sp³-hybridized carbons (Fsp3) is 0.125. The SMILES string of the molecule is O=c1c2ccccc2nc(Nc2ccc(OC(F)(F)F)cc2)n1CCN=Cc1ccc(Cl)c([N+](=O)[O-])c1. The van der Waals surface area contributed by atoms with Gasteiger partial charge in [-0.05, 0) is 48.0 Å². The number of aromatic nitrogens is 2. The number of nitrogens with zero attached hydrogens (tertiary/aromatic N) is 4. The summed E-state index contributed by atoms with van der Waals surface area (Å²) in [5.41, 5.74) is 0.670. The summed E-state index contributed by atoms with van der Waals surface area (Å²) in [6, 6.07) is 16.0. The third-order valence-electron chi connectivity index (χ3n) is 5.07. The zero-order valence-corrected chi connectivity index (χ0v) is 19.5. The van der Waals surface area contributed by atoms with Crippen molar-refractivity contribution >= 4 is 46.0 Å². The van der Waals surface area contributed by atoms with Gasteiger partial charge in [0.2, 0.25) is 5.95 Å². The van der Waals surface area contributed by atoms with Crippen molar-refractivity contribution in [2.45, 2.75) is 12.9 Å². The molecule has 4 aromatic rings. The molecule has 13 heteroatoms. The highest BCUT2D eigenvalue weighted by Gasteiger charge is 2.31. The van der Waals surface area contributed by atoms with E-state index in [1.165, 1.54) is 35.0 Å². The first-order valence-electron chi connectivity index (χ1n) is 10.7. The molecule has 0 aliphatic heterocycles. The maximum absolute atomic E-state index is 13.2. The van der Waals surface area contributed by atoms with Crippen LogP contribution in [0, 0.1) is 10.1 Å². The molecule has 4 rings (SSSR count). The zero-order valence-electron chi connectivity index (χ0n) is 18.8. The molecule has 0 aliphatic carbocycles. The van der Waals surface area contributed by atoms with E-state index in [2.05, 4.69) is 20.0 Å². The lowest BCUT2D eigenvalue weighted by atomic mass is 10.2. The predicted molar refractivity (Wildman–Crippen MR) is 133 cm³/mol. The van der Waals surface area contributed by atoms with Gasteiger partial charge in [0.25, 0.3) is 11.2 Å². The van der Waals surface area contributed by atoms with Gasteiger partial charge in [0.1, 0.15) is 10.8 Å². The maximum atomic E-state index is 13.2. The first-order valence-corrected chi connectivity index (χ1v) is 11.0. The van der Waals surface area contributed by atoms with Crippen LogP contribution < -0.4 is 15.6 Å². The van der Waals surface area contributed by atoms with Gasteiger partial charge in [-0.25, -0.2) is 4.98 Å². The fourth-order valence-corrected chi connectivity index (χ4v) is 3.60. The number of alkyl halides is 3. The second-order valence-corrected chi connectivity index (χ2v) is 8.02. The topological polar surface area (TPSA) is 112 Å². The smallest absolute Gasteiger partial charge is 0.406 e. The van der Waals surface area contributed by atoms with Crippen LogP contribution in [0.25, 0.3) is 10.9 Å². The summed E-state index contributed by atoms with van der Waals surface area (Å²) in [7, 11) is 0. The highest BCUT2D eigenvalue weighted by Crippen LogP contribution is 2.26. The average Bonchev–Trinajstić information content (AvgIpc) is 2.84. The van der Waals surface area contributed by atoms with Crippen molar-refractivity contribution in [3.05, 3.63) is 97.8 Å². The molecule has 1 N–H and O–H groups in total. The second-order valence-electron chi connectivity index (χ2n) is 7.61. The van der Waals surface area contributed by atoms with E-state index in [-0.39, 0.29) is 35.3 Å². The number of halogens is 4. The number of anilines is 2. The van der Waals surface area contributed by atoms with Crippen LogP contribution in [0.2, 0.25) is 5.02 Å². The third-order valence-corrected chi connectivity index (χ3v) is 5.39. The Hall–Kier alpha value is -4.45. The molecule has 1 aromatic heterocycles. The van der Waals surface area contributed by atoms with E-state index in [0.717, 1.165) is 12.1 Å². The summed E-state index contributed by atoms with van der Waals surface area (Å²) < 4.78 is 42.5. The van der Waals surface area contributed by atoms with Crippen LogP contribution in [0.5, 0.6) is 5.75 Å². The van der Waals surface area contributed by atoms with Crippen LogP contribution in [-0.2, 0) is 6.54 Å². The number of ether oxygens (including phenoxy) is 1. The Morgan fingerprint density at radius 1 is 1.14 bits per heavy atom. The van der Waals surface area contributed by atoms with Crippen LogP contribution in [0.15, 0.2) is 76.5 Å². The van der Waals surface area contributed by atoms with Crippen LogP contribution in [0.1, 0.15) is 5.56 Å². The molecule has 190 valence electrons. The maximum Gasteiger partial charge on any atom is 0.573 e. The monoisotopic (exact) mass is 531 g/mol. The lowest BCUT2D eigenvalue weighted by Crippen LogP contribution is -2.25. The molecule has 1 heterocycles. The van der Waals surface area contributed by atoms with Crippen LogP contribution >= 0.6 is 11.6 Å². The second kappa shape index (κ2) is 10.7. The zero-order chi connectivity index (χ0) is 26.6. The van der Waals surface area contributed by atoms with Gasteiger partial charge in [-0.1, -0.05) is 29.8 Å². The predicted octanol–water partition coefficient (Wildman–Crippen LogP) is 5.72. The van der Waals surface area contributed by atoms with E-state index >= 15 is 0 Å². The molecule has 0 unspecified atom stereocenters. The first-order chi connectivity index (χ1) is 17.6. The van der Waals surface area contributed by atoms with Gasteiger partial charge in [-0.15, -0.1) is 13.2 Å². The Labute approximate surface area is 212 Å². The van der Waals surface area contributed by atoms with Crippen molar-refractivity contribution in [2.75, 3.05) is 11.9 Å². The Bertz CT molecular complexity index is 1540. The van der Waals surface area contributed by atoms with Crippen LogP contribution in [-0.4, -0.2) is 33.6 Å². The number of nitro benzene ring substituents is 1. The lowest BCUT2D eigenvalue weighted by molar-refractivity contribution is -0.384. The minimum absolute atomic E-state index is 0.00431. The van der Waals surface area contributed by atoms with Gasteiger partial charge >= 0.3 is 6.36 Å². The van der Waals surface area contributed by atoms with Crippen molar-refractivity contribution in [3.8, 4) is 5.75 Å². The standard InChI is InChI=1S/C24H17ClF3N5O4/c25-19-10-5-15(13-21(19)33(35)36)14-29-11-12-32-22(34)18-3-1-2-4-20(18)31-23(32)30-16-6-8-17(9-7-16)37-24(26,27)28/h1-10,13-14H,11-12H2,(H,30,31). The number of para-hydroxylation sites is 1. The quantitative estimate of drug-likeness (QED) is 0.177. The van der Waals surface area contributed by atoms with Gasteiger partial charge in [0, 0.05) is 24.5 Å². The van der Waals surface area contributed by atoms with Gasteiger partial charge in [-0.2, -0.15) is 0 Å². The van der Waals surface area contributed by atoms with E-state index in [1.807, 2.05) is 0 Å². The van der Waals surface area contributed by atoms with Gasteiger partial charge in [0.15, 0.2) is 0 Å². The van der Waals surface area contributed by atoms with E-state index in [1.54, 1.807) is 30.3 Å². The number of nitro groups is 1. The molecule has 0 atom stereocenters. The van der Waals surface area contributed by atoms with Crippen LogP contribution in [0.3, 0.4) is 0 Å². The molecule has 0 bridgehead atoms. The molecule has 0 amide bonds. The molecule has 9 nitrogen and oxygen atoms in total. The molecule has 3 aromatic carbocycles. The first kappa shape index (κ1) is 25.6.